The van der Waals surface area contributed by atoms with E-state index in [1.54, 1.807) is 0 Å². The van der Waals surface area contributed by atoms with Crippen LogP contribution in [-0.4, -0.2) is 22.4 Å². The van der Waals surface area contributed by atoms with Crippen LogP contribution in [0.2, 0.25) is 0 Å². The number of alkyl halides is 1. The molecule has 0 bridgehead atoms. The van der Waals surface area contributed by atoms with E-state index in [2.05, 4.69) is 22.2 Å². The summed E-state index contributed by atoms with van der Waals surface area (Å²) >= 11 is 5.77. The van der Waals surface area contributed by atoms with E-state index in [0.29, 0.717) is 36.3 Å². The Labute approximate surface area is 113 Å². The first-order chi connectivity index (χ1) is 8.72. The fourth-order valence-corrected chi connectivity index (χ4v) is 2.24. The number of hydrogen-bond acceptors (Lipinski definition) is 3. The van der Waals surface area contributed by atoms with Crippen molar-refractivity contribution in [3.05, 3.63) is 17.8 Å². The average Bonchev–Trinajstić information content (AvgIpc) is 2.38. The lowest BCUT2D eigenvalue weighted by Crippen LogP contribution is -2.17. The second-order valence-electron chi connectivity index (χ2n) is 4.35. The van der Waals surface area contributed by atoms with Crippen LogP contribution in [0, 0.1) is 11.7 Å². The average molecular weight is 274 g/mol. The van der Waals surface area contributed by atoms with Gasteiger partial charge in [-0.2, -0.15) is 0 Å². The van der Waals surface area contributed by atoms with Crippen LogP contribution in [0.1, 0.15) is 38.8 Å². The Bertz CT molecular complexity index is 354. The number of hydrogen-bond donors (Lipinski definition) is 1. The molecule has 1 rings (SSSR count). The summed E-state index contributed by atoms with van der Waals surface area (Å²) < 4.78 is 13.9. The Morgan fingerprint density at radius 2 is 2.11 bits per heavy atom. The lowest BCUT2D eigenvalue weighted by molar-refractivity contribution is 0.487. The van der Waals surface area contributed by atoms with Gasteiger partial charge >= 0.3 is 0 Å². The second kappa shape index (κ2) is 8.25. The Hall–Kier alpha value is -0.900. The maximum absolute atomic E-state index is 13.9. The molecule has 1 N–H and O–H groups in total. The van der Waals surface area contributed by atoms with Gasteiger partial charge in [-0.05, 0) is 25.2 Å². The molecule has 0 spiro atoms. The normalized spacial score (nSPS) is 12.4. The molecule has 3 nitrogen and oxygen atoms in total. The summed E-state index contributed by atoms with van der Waals surface area (Å²) in [5.41, 5.74) is 0.455. The van der Waals surface area contributed by atoms with E-state index in [4.69, 9.17) is 11.6 Å². The van der Waals surface area contributed by atoms with Crippen LogP contribution in [0.5, 0.6) is 0 Å². The van der Waals surface area contributed by atoms with Gasteiger partial charge in [-0.25, -0.2) is 14.4 Å². The fraction of sp³-hybridized carbons (Fsp3) is 0.692. The van der Waals surface area contributed by atoms with Crippen LogP contribution in [0.4, 0.5) is 10.2 Å². The predicted molar refractivity (Wildman–Crippen MR) is 73.6 cm³/mol. The minimum Gasteiger partial charge on any atom is -0.367 e. The van der Waals surface area contributed by atoms with Crippen molar-refractivity contribution in [1.29, 1.82) is 0 Å². The van der Waals surface area contributed by atoms with Crippen molar-refractivity contribution < 1.29 is 4.39 Å². The fourth-order valence-electron chi connectivity index (χ4n) is 1.93. The zero-order valence-corrected chi connectivity index (χ0v) is 11.8. The maximum atomic E-state index is 13.9. The number of aromatic nitrogens is 2. The van der Waals surface area contributed by atoms with Gasteiger partial charge in [0.2, 0.25) is 0 Å². The van der Waals surface area contributed by atoms with Gasteiger partial charge < -0.3 is 5.32 Å². The lowest BCUT2D eigenvalue weighted by Gasteiger charge is -2.16. The van der Waals surface area contributed by atoms with Gasteiger partial charge in [-0.1, -0.05) is 20.3 Å². The summed E-state index contributed by atoms with van der Waals surface area (Å²) in [6.07, 6.45) is 5.11. The van der Waals surface area contributed by atoms with Crippen molar-refractivity contribution in [3.63, 3.8) is 0 Å². The molecule has 1 unspecified atom stereocenters. The van der Waals surface area contributed by atoms with Crippen molar-refractivity contribution in [2.24, 2.45) is 5.92 Å². The van der Waals surface area contributed by atoms with Crippen LogP contribution in [0.25, 0.3) is 0 Å². The highest BCUT2D eigenvalue weighted by Crippen LogP contribution is 2.16. The van der Waals surface area contributed by atoms with Crippen molar-refractivity contribution in [2.75, 3.05) is 17.7 Å². The van der Waals surface area contributed by atoms with E-state index in [-0.39, 0.29) is 5.82 Å². The van der Waals surface area contributed by atoms with Crippen molar-refractivity contribution in [1.82, 2.24) is 9.97 Å². The molecule has 0 aliphatic heterocycles. The Kier molecular flexibility index (Phi) is 6.94. The molecule has 5 heteroatoms. The van der Waals surface area contributed by atoms with E-state index in [1.807, 2.05) is 6.92 Å². The summed E-state index contributed by atoms with van der Waals surface area (Å²) in [6, 6.07) is 0. The van der Waals surface area contributed by atoms with Gasteiger partial charge in [-0.15, -0.1) is 11.6 Å². The van der Waals surface area contributed by atoms with E-state index >= 15 is 0 Å². The van der Waals surface area contributed by atoms with Crippen LogP contribution in [0.3, 0.4) is 0 Å². The highest BCUT2D eigenvalue weighted by Gasteiger charge is 2.12. The van der Waals surface area contributed by atoms with Crippen molar-refractivity contribution >= 4 is 17.4 Å². The molecule has 0 aromatic carbocycles. The number of halogens is 2. The molecule has 0 saturated carbocycles. The maximum Gasteiger partial charge on any atom is 0.186 e. The molecular formula is C13H21ClFN3. The molecule has 1 atom stereocenters. The zero-order valence-electron chi connectivity index (χ0n) is 11.0. The number of nitrogens with zero attached hydrogens (tertiary/aromatic N) is 2. The zero-order chi connectivity index (χ0) is 13.4. The quantitative estimate of drug-likeness (QED) is 0.735. The Morgan fingerprint density at radius 1 is 1.33 bits per heavy atom. The number of nitrogens with one attached hydrogen (secondary N) is 1. The minimum absolute atomic E-state index is 0.303. The summed E-state index contributed by atoms with van der Waals surface area (Å²) in [5, 5.41) is 3.07. The van der Waals surface area contributed by atoms with Crippen molar-refractivity contribution in [3.8, 4) is 0 Å². The first-order valence-corrected chi connectivity index (χ1v) is 7.05. The third-order valence-corrected chi connectivity index (χ3v) is 3.19. The molecule has 1 aromatic heterocycles. The first-order valence-electron chi connectivity index (χ1n) is 6.52. The van der Waals surface area contributed by atoms with Crippen molar-refractivity contribution in [2.45, 2.75) is 39.5 Å². The molecule has 1 aromatic rings. The van der Waals surface area contributed by atoms with Crippen LogP contribution >= 0.6 is 11.6 Å². The van der Waals surface area contributed by atoms with Gasteiger partial charge in [0.15, 0.2) is 11.6 Å². The SMILES string of the molecule is CCCC(CCCl)CNc1ncnc(CC)c1F. The first kappa shape index (κ1) is 15.2. The summed E-state index contributed by atoms with van der Waals surface area (Å²) in [4.78, 5) is 7.86. The predicted octanol–water partition coefficient (Wildman–Crippen LogP) is 3.64. The summed E-state index contributed by atoms with van der Waals surface area (Å²) in [7, 11) is 0. The standard InChI is InChI=1S/C13H21ClFN3/c1-3-5-10(6-7-14)8-16-13-12(15)11(4-2)17-9-18-13/h9-10H,3-8H2,1-2H3,(H,16,17,18). The lowest BCUT2D eigenvalue weighted by atomic mass is 10.0. The van der Waals surface area contributed by atoms with Crippen LogP contribution in [0.15, 0.2) is 6.33 Å². The molecule has 0 amide bonds. The molecule has 1 heterocycles. The minimum atomic E-state index is -0.332. The topological polar surface area (TPSA) is 37.8 Å². The molecular weight excluding hydrogens is 253 g/mol. The highest BCUT2D eigenvalue weighted by molar-refractivity contribution is 6.17. The molecule has 18 heavy (non-hydrogen) atoms. The Balaban J connectivity index is 2.61. The molecule has 0 radical (unpaired) electrons. The number of anilines is 1. The van der Waals surface area contributed by atoms with Gasteiger partial charge in [-0.3, -0.25) is 0 Å². The highest BCUT2D eigenvalue weighted by atomic mass is 35.5. The molecule has 0 aliphatic rings. The second-order valence-corrected chi connectivity index (χ2v) is 4.73. The largest absolute Gasteiger partial charge is 0.367 e. The molecule has 102 valence electrons. The third kappa shape index (κ3) is 4.41. The van der Waals surface area contributed by atoms with E-state index in [0.717, 1.165) is 19.3 Å². The van der Waals surface area contributed by atoms with Gasteiger partial charge in [0.1, 0.15) is 6.33 Å². The van der Waals surface area contributed by atoms with E-state index in [1.165, 1.54) is 6.33 Å². The van der Waals surface area contributed by atoms with Gasteiger partial charge in [0.25, 0.3) is 0 Å². The van der Waals surface area contributed by atoms with E-state index < -0.39 is 0 Å². The van der Waals surface area contributed by atoms with E-state index in [9.17, 15) is 4.39 Å². The monoisotopic (exact) mass is 273 g/mol. The van der Waals surface area contributed by atoms with Crippen LogP contribution in [-0.2, 0) is 6.42 Å². The smallest absolute Gasteiger partial charge is 0.186 e. The van der Waals surface area contributed by atoms with Gasteiger partial charge in [0.05, 0.1) is 5.69 Å². The molecule has 0 fully saturated rings. The summed E-state index contributed by atoms with van der Waals surface area (Å²) in [5.74, 6) is 1.07. The van der Waals surface area contributed by atoms with Gasteiger partial charge in [0, 0.05) is 12.4 Å². The number of rotatable bonds is 8. The third-order valence-electron chi connectivity index (χ3n) is 2.97. The Morgan fingerprint density at radius 3 is 2.72 bits per heavy atom. The molecule has 0 saturated heterocycles. The number of aryl methyl sites for hydroxylation is 1. The summed E-state index contributed by atoms with van der Waals surface area (Å²) in [6.45, 7) is 4.72. The molecule has 0 aliphatic carbocycles. The van der Waals surface area contributed by atoms with Crippen LogP contribution < -0.4 is 5.32 Å².